The predicted molar refractivity (Wildman–Crippen MR) is 114 cm³/mol. The van der Waals surface area contributed by atoms with Crippen molar-refractivity contribution in [1.82, 2.24) is 15.5 Å². The van der Waals surface area contributed by atoms with Gasteiger partial charge in [-0.3, -0.25) is 19.8 Å². The van der Waals surface area contributed by atoms with E-state index in [0.29, 0.717) is 42.5 Å². The molecule has 9 nitrogen and oxygen atoms in total. The van der Waals surface area contributed by atoms with Crippen molar-refractivity contribution in [3.63, 3.8) is 0 Å². The van der Waals surface area contributed by atoms with Crippen molar-refractivity contribution in [3.05, 3.63) is 51.8 Å². The number of H-pyrrole nitrogens is 1. The van der Waals surface area contributed by atoms with Gasteiger partial charge in [0, 0.05) is 17.2 Å². The van der Waals surface area contributed by atoms with Gasteiger partial charge in [0.25, 0.3) is 11.5 Å². The highest BCUT2D eigenvalue weighted by atomic mass is 35.5. The second kappa shape index (κ2) is 10.0. The van der Waals surface area contributed by atoms with Crippen LogP contribution in [-0.4, -0.2) is 41.1 Å². The number of benzene rings is 1. The quantitative estimate of drug-likeness (QED) is 0.319. The molecule has 30 heavy (non-hydrogen) atoms. The standard InChI is InChI=1S/C20H23N5O4.ClH/c1-29-20(28)13-6-8-14(9-7-13)23-18(26)15-10-16(24-25-19(15)27)11-2-4-12(5-3-11)17(21)22;/h2-5,10,13-14H,6-9H2,1H3,(H3,21,22)(H,23,26)(H,25,27);1H. The van der Waals surface area contributed by atoms with Crippen LogP contribution in [0.1, 0.15) is 41.6 Å². The van der Waals surface area contributed by atoms with E-state index in [0.717, 1.165) is 0 Å². The zero-order valence-corrected chi connectivity index (χ0v) is 17.3. The molecule has 0 radical (unpaired) electrons. The summed E-state index contributed by atoms with van der Waals surface area (Å²) < 4.78 is 4.77. The SMILES string of the molecule is COC(=O)C1CCC(NC(=O)c2cc(-c3ccc(C(=N)N)cc3)n[nH]c2=O)CC1.Cl. The number of hydrogen-bond acceptors (Lipinski definition) is 6. The van der Waals surface area contributed by atoms with Crippen molar-refractivity contribution in [3.8, 4) is 11.3 Å². The second-order valence-electron chi connectivity index (χ2n) is 7.03. The zero-order chi connectivity index (χ0) is 21.0. The maximum Gasteiger partial charge on any atom is 0.308 e. The molecule has 1 amide bonds. The Kier molecular flexibility index (Phi) is 7.71. The number of nitrogens with two attached hydrogens (primary N) is 1. The molecule has 2 aromatic rings. The highest BCUT2D eigenvalue weighted by Gasteiger charge is 2.28. The number of rotatable bonds is 5. The number of amides is 1. The number of aromatic amines is 1. The number of esters is 1. The molecule has 1 fully saturated rings. The lowest BCUT2D eigenvalue weighted by Gasteiger charge is -2.27. The van der Waals surface area contributed by atoms with Gasteiger partial charge in [-0.2, -0.15) is 5.10 Å². The lowest BCUT2D eigenvalue weighted by Crippen LogP contribution is -2.40. The number of hydrogen-bond donors (Lipinski definition) is 4. The van der Waals surface area contributed by atoms with Crippen molar-refractivity contribution >= 4 is 30.1 Å². The highest BCUT2D eigenvalue weighted by molar-refractivity contribution is 5.96. The Morgan fingerprint density at radius 2 is 1.83 bits per heavy atom. The van der Waals surface area contributed by atoms with Gasteiger partial charge < -0.3 is 15.8 Å². The molecule has 1 aromatic heterocycles. The van der Waals surface area contributed by atoms with Gasteiger partial charge in [0.2, 0.25) is 0 Å². The van der Waals surface area contributed by atoms with Crippen molar-refractivity contribution in [2.45, 2.75) is 31.7 Å². The van der Waals surface area contributed by atoms with Crippen LogP contribution in [0.3, 0.4) is 0 Å². The summed E-state index contributed by atoms with van der Waals surface area (Å²) in [6, 6.07) is 8.11. The molecular formula is C20H24ClN5O4. The number of aromatic nitrogens is 2. The third-order valence-corrected chi connectivity index (χ3v) is 5.14. The van der Waals surface area contributed by atoms with E-state index in [1.807, 2.05) is 0 Å². The normalized spacial score (nSPS) is 18.0. The first-order valence-electron chi connectivity index (χ1n) is 9.32. The number of nitrogens with zero attached hydrogens (tertiary/aromatic N) is 1. The molecule has 10 heteroatoms. The average Bonchev–Trinajstić information content (AvgIpc) is 2.74. The molecule has 0 atom stereocenters. The Morgan fingerprint density at radius 3 is 2.40 bits per heavy atom. The Balaban J connectivity index is 0.00000320. The summed E-state index contributed by atoms with van der Waals surface area (Å²) in [6.45, 7) is 0. The molecule has 0 aliphatic heterocycles. The van der Waals surface area contributed by atoms with Gasteiger partial charge in [-0.15, -0.1) is 12.4 Å². The molecule has 5 N–H and O–H groups in total. The van der Waals surface area contributed by atoms with Crippen molar-refractivity contribution in [2.24, 2.45) is 11.7 Å². The highest BCUT2D eigenvalue weighted by Crippen LogP contribution is 2.25. The molecule has 1 aliphatic rings. The van der Waals surface area contributed by atoms with Crippen LogP contribution in [0.15, 0.2) is 35.1 Å². The maximum absolute atomic E-state index is 12.6. The fraction of sp³-hybridized carbons (Fsp3) is 0.350. The van der Waals surface area contributed by atoms with E-state index in [9.17, 15) is 14.4 Å². The fourth-order valence-electron chi connectivity index (χ4n) is 3.45. The molecule has 0 saturated heterocycles. The molecule has 3 rings (SSSR count). The lowest BCUT2D eigenvalue weighted by atomic mass is 9.86. The van der Waals surface area contributed by atoms with E-state index in [1.54, 1.807) is 24.3 Å². The van der Waals surface area contributed by atoms with Gasteiger partial charge >= 0.3 is 5.97 Å². The molecule has 160 valence electrons. The third kappa shape index (κ3) is 5.24. The van der Waals surface area contributed by atoms with Crippen LogP contribution in [0.2, 0.25) is 0 Å². The molecule has 1 aromatic carbocycles. The second-order valence-corrected chi connectivity index (χ2v) is 7.03. The number of nitrogens with one attached hydrogen (secondary N) is 3. The average molecular weight is 434 g/mol. The molecule has 1 saturated carbocycles. The van der Waals surface area contributed by atoms with Gasteiger partial charge in [0.05, 0.1) is 18.7 Å². The van der Waals surface area contributed by atoms with Gasteiger partial charge in [0.15, 0.2) is 0 Å². The lowest BCUT2D eigenvalue weighted by molar-refractivity contribution is -0.146. The van der Waals surface area contributed by atoms with Crippen molar-refractivity contribution < 1.29 is 14.3 Å². The summed E-state index contributed by atoms with van der Waals surface area (Å²) in [6.07, 6.45) is 2.57. The summed E-state index contributed by atoms with van der Waals surface area (Å²) in [5.41, 5.74) is 6.53. The number of carbonyl (C=O) groups excluding carboxylic acids is 2. The number of carbonyl (C=O) groups is 2. The molecule has 1 heterocycles. The number of nitrogen functional groups attached to an aromatic ring is 1. The van der Waals surface area contributed by atoms with E-state index in [4.69, 9.17) is 15.9 Å². The predicted octanol–water partition coefficient (Wildman–Crippen LogP) is 1.60. The Morgan fingerprint density at radius 1 is 1.20 bits per heavy atom. The number of ether oxygens (including phenoxy) is 1. The third-order valence-electron chi connectivity index (χ3n) is 5.14. The van der Waals surface area contributed by atoms with Crippen LogP contribution < -0.4 is 16.6 Å². The summed E-state index contributed by atoms with van der Waals surface area (Å²) in [5.74, 6) is -0.882. The molecule has 1 aliphatic carbocycles. The molecule has 0 spiro atoms. The van der Waals surface area contributed by atoms with Crippen molar-refractivity contribution in [1.29, 1.82) is 5.41 Å². The smallest absolute Gasteiger partial charge is 0.308 e. The molecule has 0 unspecified atom stereocenters. The van der Waals surface area contributed by atoms with E-state index < -0.39 is 11.5 Å². The van der Waals surface area contributed by atoms with Gasteiger partial charge in [-0.05, 0) is 31.7 Å². The van der Waals surface area contributed by atoms with E-state index in [1.165, 1.54) is 13.2 Å². The topological polar surface area (TPSA) is 151 Å². The monoisotopic (exact) mass is 433 g/mol. The minimum Gasteiger partial charge on any atom is -0.469 e. The Labute approximate surface area is 179 Å². The van der Waals surface area contributed by atoms with Crippen LogP contribution in [0.4, 0.5) is 0 Å². The maximum atomic E-state index is 12.6. The first kappa shape index (κ1) is 23.1. The van der Waals surface area contributed by atoms with E-state index >= 15 is 0 Å². The minimum atomic E-state index is -0.574. The largest absolute Gasteiger partial charge is 0.469 e. The fourth-order valence-corrected chi connectivity index (χ4v) is 3.45. The summed E-state index contributed by atoms with van der Waals surface area (Å²) in [5, 5.41) is 16.7. The first-order valence-corrected chi connectivity index (χ1v) is 9.32. The van der Waals surface area contributed by atoms with Gasteiger partial charge in [0.1, 0.15) is 11.4 Å². The number of halogens is 1. The molecule has 0 bridgehead atoms. The van der Waals surface area contributed by atoms with Crippen LogP contribution in [-0.2, 0) is 9.53 Å². The minimum absolute atomic E-state index is 0. The summed E-state index contributed by atoms with van der Waals surface area (Å²) >= 11 is 0. The van der Waals surface area contributed by atoms with Crippen LogP contribution in [0.25, 0.3) is 11.3 Å². The van der Waals surface area contributed by atoms with E-state index in [-0.39, 0.29) is 41.7 Å². The van der Waals surface area contributed by atoms with Crippen LogP contribution >= 0.6 is 12.4 Å². The van der Waals surface area contributed by atoms with Crippen LogP contribution in [0, 0.1) is 11.3 Å². The van der Waals surface area contributed by atoms with Crippen LogP contribution in [0.5, 0.6) is 0 Å². The Hall–Kier alpha value is -3.20. The molecular weight excluding hydrogens is 410 g/mol. The van der Waals surface area contributed by atoms with Crippen molar-refractivity contribution in [2.75, 3.05) is 7.11 Å². The first-order chi connectivity index (χ1) is 13.9. The summed E-state index contributed by atoms with van der Waals surface area (Å²) in [4.78, 5) is 36.4. The van der Waals surface area contributed by atoms with Gasteiger partial charge in [-0.1, -0.05) is 24.3 Å². The van der Waals surface area contributed by atoms with Gasteiger partial charge in [-0.25, -0.2) is 5.10 Å². The number of methoxy groups -OCH3 is 1. The number of amidine groups is 1. The summed E-state index contributed by atoms with van der Waals surface area (Å²) in [7, 11) is 1.37. The Bertz CT molecular complexity index is 981. The zero-order valence-electron chi connectivity index (χ0n) is 16.4. The van der Waals surface area contributed by atoms with E-state index in [2.05, 4.69) is 15.5 Å².